The van der Waals surface area contributed by atoms with E-state index in [0.29, 0.717) is 128 Å². The Morgan fingerprint density at radius 3 is 1.18 bits per heavy atom. The molecule has 9 heteroatoms. The highest BCUT2D eigenvalue weighted by Gasteiger charge is 2.43. The molecule has 9 aromatic heterocycles. The Morgan fingerprint density at radius 2 is 0.650 bits per heavy atom. The van der Waals surface area contributed by atoms with Crippen molar-refractivity contribution in [2.75, 3.05) is 0 Å². The summed E-state index contributed by atoms with van der Waals surface area (Å²) in [6.45, 7) is -14.5. The molecule has 0 unspecified atom stereocenters. The molecular weight excluding hydrogens is 1470 g/mol. The van der Waals surface area contributed by atoms with Crippen molar-refractivity contribution < 1.29 is 68.8 Å². The van der Waals surface area contributed by atoms with Crippen LogP contribution in [0.5, 0.6) is 0 Å². The van der Waals surface area contributed by atoms with Crippen LogP contribution in [0.15, 0.2) is 303 Å². The Kier molecular flexibility index (Phi) is 11.7. The van der Waals surface area contributed by atoms with Gasteiger partial charge in [-0.3, -0.25) is 4.98 Å². The monoisotopic (exact) mass is 1590 g/mol. The van der Waals surface area contributed by atoms with Crippen molar-refractivity contribution in [3.05, 3.63) is 353 Å². The molecule has 11 aromatic carbocycles. The summed E-state index contributed by atoms with van der Waals surface area (Å²) in [5.41, 5.74) is 14.4. The molecule has 0 spiro atoms. The van der Waals surface area contributed by atoms with Gasteiger partial charge in [-0.15, -0.1) is 0 Å². The molecule has 4 aliphatic rings. The summed E-state index contributed by atoms with van der Waals surface area (Å²) in [7, 11) is 7.88. The minimum Gasteiger partial charge on any atom is -0.455 e. The Morgan fingerprint density at radius 1 is 0.267 bits per heavy atom. The zero-order valence-electron chi connectivity index (χ0n) is 91.0. The average molecular weight is 1590 g/mol. The van der Waals surface area contributed by atoms with E-state index < -0.39 is 76.5 Å². The summed E-state index contributed by atoms with van der Waals surface area (Å²) in [6, 6.07) is 78.0. The second kappa shape index (κ2) is 27.0. The molecule has 0 radical (unpaired) electrons. The van der Waals surface area contributed by atoms with Crippen molar-refractivity contribution in [2.24, 2.45) is 28.2 Å². The summed E-state index contributed by atoms with van der Waals surface area (Å²) in [6.07, 6.45) is 9.33. The predicted molar refractivity (Wildman–Crippen MR) is 488 cm³/mol. The maximum Gasteiger partial charge on any atom is 0.216 e. The molecule has 4 aliphatic carbocycles. The minimum atomic E-state index is -2.87. The predicted octanol–water partition coefficient (Wildman–Crippen LogP) is 26.2. The third-order valence-corrected chi connectivity index (χ3v) is 25.1. The molecule has 20 aromatic rings. The van der Waals surface area contributed by atoms with Crippen molar-refractivity contribution in [2.45, 2.75) is 104 Å². The van der Waals surface area contributed by atoms with Gasteiger partial charge < -0.3 is 17.7 Å². The molecule has 0 saturated heterocycles. The Balaban J connectivity index is 0.000000113. The summed E-state index contributed by atoms with van der Waals surface area (Å²) < 4.78 is 238. The molecule has 120 heavy (non-hydrogen) atoms. The van der Waals surface area contributed by atoms with Crippen LogP contribution in [0.3, 0.4) is 0 Å². The van der Waals surface area contributed by atoms with Gasteiger partial charge in [-0.25, -0.2) is 18.3 Å². The Labute approximate surface area is 733 Å². The van der Waals surface area contributed by atoms with Gasteiger partial charge in [-0.1, -0.05) is 206 Å². The Bertz CT molecular complexity index is 8630. The number of aryl methyl sites for hydroxylation is 8. The number of hydrogen-bond acceptors (Lipinski definition) is 5. The van der Waals surface area contributed by atoms with Gasteiger partial charge in [0.1, 0.15) is 72.9 Å². The van der Waals surface area contributed by atoms with E-state index >= 15 is 0 Å². The van der Waals surface area contributed by atoms with Gasteiger partial charge in [-0.2, -0.15) is 0 Å². The fourth-order valence-corrected chi connectivity index (χ4v) is 19.3. The van der Waals surface area contributed by atoms with Crippen LogP contribution in [0.25, 0.3) is 177 Å². The molecule has 9 heterocycles. The maximum absolute atomic E-state index is 8.61. The second-order valence-electron chi connectivity index (χ2n) is 32.2. The highest BCUT2D eigenvalue weighted by atomic mass is 16.3. The van der Waals surface area contributed by atoms with E-state index in [1.54, 1.807) is 97.1 Å². The number of benzene rings is 11. The number of aromatic nitrogens is 5. The van der Waals surface area contributed by atoms with Crippen molar-refractivity contribution >= 4 is 87.8 Å². The quantitative estimate of drug-likeness (QED) is 0.164. The highest BCUT2D eigenvalue weighted by Crippen LogP contribution is 2.58. The number of rotatable bonds is 4. The molecule has 0 bridgehead atoms. The van der Waals surface area contributed by atoms with Crippen LogP contribution in [0.4, 0.5) is 0 Å². The smallest absolute Gasteiger partial charge is 0.216 e. The molecule has 0 N–H and O–H groups in total. The van der Waals surface area contributed by atoms with E-state index in [1.165, 1.54) is 6.20 Å². The number of pyridine rings is 5. The molecule has 9 nitrogen and oxygen atoms in total. The largest absolute Gasteiger partial charge is 0.455 e. The lowest BCUT2D eigenvalue weighted by molar-refractivity contribution is -0.660. The number of nitrogens with zero attached hydrogens (tertiary/aromatic N) is 5. The lowest BCUT2D eigenvalue weighted by Crippen LogP contribution is -2.30. The zero-order chi connectivity index (χ0) is 102. The Hall–Kier alpha value is -13.6. The van der Waals surface area contributed by atoms with Gasteiger partial charge in [0.05, 0.1) is 27.9 Å². The van der Waals surface area contributed by atoms with Crippen molar-refractivity contribution in [3.8, 4) is 89.5 Å². The topological polar surface area (TPSA) is 81.0 Å². The maximum atomic E-state index is 8.61. The van der Waals surface area contributed by atoms with E-state index in [0.717, 1.165) is 99.6 Å². The van der Waals surface area contributed by atoms with Crippen LogP contribution in [0.2, 0.25) is 0 Å². The molecule has 584 valence electrons. The first kappa shape index (κ1) is 52.2. The van der Waals surface area contributed by atoms with Crippen LogP contribution in [-0.4, -0.2) is 4.98 Å². The van der Waals surface area contributed by atoms with Crippen LogP contribution >= 0.6 is 0 Å². The lowest BCUT2D eigenvalue weighted by atomic mass is 9.80. The van der Waals surface area contributed by atoms with E-state index in [2.05, 4.69) is 11.1 Å². The lowest BCUT2D eigenvalue weighted by Gasteiger charge is -2.22. The minimum absolute atomic E-state index is 0.0406. The van der Waals surface area contributed by atoms with Crippen molar-refractivity contribution in [1.29, 1.82) is 0 Å². The van der Waals surface area contributed by atoms with E-state index in [-0.39, 0.29) is 16.8 Å². The zero-order valence-corrected chi connectivity index (χ0v) is 67.0. The summed E-state index contributed by atoms with van der Waals surface area (Å²) in [5, 5.41) is 6.22. The van der Waals surface area contributed by atoms with Gasteiger partial charge in [0, 0.05) is 164 Å². The first-order chi connectivity index (χ1) is 67.9. The standard InChI is InChI=1S/3C28H24NO.C27H23N2O/c1-17-12-13-20-25-23(30-27(20)24(17)22-11-7-8-16-29(22)4)15-14-19-18-9-5-6-10-21(18)28(2,3)26(19)25;1-17-12-13-19-26-23(30-27(19)24(17)22-11-7-8-16-29(22)4)15-14-21-25(26)18-9-5-6-10-20(18)28(21,2)3;1-17-12-13-19-21-15-20-18-9-5-6-10-22(18)28(2,3)23(20)16-25(21)30-27(19)26(17)24-11-7-8-14-29(24)4;1-16-10-11-17-18-12-13-20-23(19-8-7-14-28-26(19)27(20,2)3)25(18)30-24(17)22(16)21-9-5-6-15-29(21)4/h3*5-16H,1-4H3;5-15H,1-4H3/q4*+1/i4*2D3,3D3. The van der Waals surface area contributed by atoms with Gasteiger partial charge in [0.2, 0.25) is 22.8 Å². The van der Waals surface area contributed by atoms with Crippen molar-refractivity contribution in [1.82, 2.24) is 4.98 Å². The molecule has 0 fully saturated rings. The second-order valence-corrected chi connectivity index (χ2v) is 32.2. The van der Waals surface area contributed by atoms with Crippen LogP contribution in [-0.2, 0) is 49.9 Å². The molecular formula is C111H95N5O4+4. The number of fused-ring (bicyclic) bond motifs is 27. The number of hydrogen-bond donors (Lipinski definition) is 0. The third kappa shape index (κ3) is 10.8. The summed E-state index contributed by atoms with van der Waals surface area (Å²) in [5.74, 6) is 0. The van der Waals surface area contributed by atoms with Crippen LogP contribution < -0.4 is 18.3 Å². The molecule has 0 saturated carbocycles. The number of furan rings is 4. The van der Waals surface area contributed by atoms with Crippen LogP contribution in [0.1, 0.15) is 155 Å². The summed E-state index contributed by atoms with van der Waals surface area (Å²) >= 11 is 0. The molecule has 0 amide bonds. The normalized spacial score (nSPS) is 18.1. The summed E-state index contributed by atoms with van der Waals surface area (Å²) in [4.78, 5) is 4.35. The third-order valence-electron chi connectivity index (χ3n) is 25.1. The first-order valence-corrected chi connectivity index (χ1v) is 40.0. The SMILES string of the molecule is [2H]C([2H])([2H])C1(C([2H])([2H])[2H])c2ccc3c(oc4c(-c5cccc[n+]5C)c(C)ccc43)c2-c2cccnc21.[2H]C([2H])([2H])C1(C([2H])([2H])[2H])c2ccccc2-c2c1ccc1oc3c(-c4cccc[n+]4C)c(C)ccc3c21.[2H]C([2H])([2H])C1(C([2H])([2H])[2H])c2ccccc2-c2cc3c(cc21)oc1c(-c2cccc[n+]2C)c(C)ccc13.[2H]C([2H])([2H])C1(C([2H])([2H])[2H])c2ccccc2-c2ccc3oc4c(-c5cccc[n+]5C)c(C)ccc4c3c21. The van der Waals surface area contributed by atoms with E-state index in [4.69, 9.17) is 50.6 Å². The fourth-order valence-electron chi connectivity index (χ4n) is 19.3. The average Bonchev–Trinajstić information content (AvgIpc) is 1.49. The van der Waals surface area contributed by atoms with E-state index in [1.807, 2.05) is 251 Å². The van der Waals surface area contributed by atoms with Gasteiger partial charge in [0.25, 0.3) is 0 Å². The van der Waals surface area contributed by atoms with Crippen molar-refractivity contribution in [3.63, 3.8) is 0 Å². The van der Waals surface area contributed by atoms with E-state index in [9.17, 15) is 0 Å². The molecule has 24 rings (SSSR count). The van der Waals surface area contributed by atoms with Gasteiger partial charge >= 0.3 is 0 Å². The van der Waals surface area contributed by atoms with Gasteiger partial charge in [-0.05, 0) is 177 Å². The highest BCUT2D eigenvalue weighted by molar-refractivity contribution is 6.19. The molecule has 0 atom stereocenters. The van der Waals surface area contributed by atoms with Gasteiger partial charge in [0.15, 0.2) is 24.8 Å². The molecule has 0 aliphatic heterocycles. The van der Waals surface area contributed by atoms with Crippen LogP contribution in [0, 0.1) is 27.7 Å². The fraction of sp³-hybridized carbons (Fsp3) is 0.180. The first-order valence-electron chi connectivity index (χ1n) is 52.0.